The zero-order chi connectivity index (χ0) is 21.2. The molecule has 30 heavy (non-hydrogen) atoms. The maximum absolute atomic E-state index is 12.5. The largest absolute Gasteiger partial charge is 0.482 e. The van der Waals surface area contributed by atoms with Crippen LogP contribution in [-0.2, 0) is 11.2 Å². The van der Waals surface area contributed by atoms with Gasteiger partial charge in [0.05, 0.1) is 18.9 Å². The van der Waals surface area contributed by atoms with E-state index in [1.165, 1.54) is 12.3 Å². The Balaban J connectivity index is 1.75. The summed E-state index contributed by atoms with van der Waals surface area (Å²) in [5, 5.41) is 10.4. The number of aromatic nitrogens is 1. The Hall–Kier alpha value is -3.06. The predicted octanol–water partition coefficient (Wildman–Crippen LogP) is 3.88. The van der Waals surface area contributed by atoms with Crippen molar-refractivity contribution in [2.75, 3.05) is 13.2 Å². The van der Waals surface area contributed by atoms with Gasteiger partial charge in [0, 0.05) is 29.3 Å². The Kier molecular flexibility index (Phi) is 4.08. The van der Waals surface area contributed by atoms with E-state index in [0.29, 0.717) is 42.4 Å². The summed E-state index contributed by atoms with van der Waals surface area (Å²) in [5.41, 5.74) is 1.32. The van der Waals surface area contributed by atoms with E-state index in [-0.39, 0.29) is 23.1 Å². The fraction of sp³-hybridized carbons (Fsp3) is 0.391. The molecule has 1 N–H and O–H groups in total. The fourth-order valence-electron chi connectivity index (χ4n) is 4.27. The summed E-state index contributed by atoms with van der Waals surface area (Å²) in [6.07, 6.45) is 2.12. The van der Waals surface area contributed by atoms with Crippen molar-refractivity contribution in [3.63, 3.8) is 0 Å². The van der Waals surface area contributed by atoms with E-state index < -0.39 is 11.4 Å². The highest BCUT2D eigenvalue weighted by Gasteiger charge is 2.37. The maximum atomic E-state index is 12.5. The van der Waals surface area contributed by atoms with Gasteiger partial charge in [0.15, 0.2) is 22.5 Å². The quantitative estimate of drug-likeness (QED) is 0.706. The lowest BCUT2D eigenvalue weighted by molar-refractivity contribution is -0.0793. The number of carboxylic acid groups (broad SMARTS) is 1. The normalized spacial score (nSPS) is 18.6. The molecule has 3 aromatic rings. The van der Waals surface area contributed by atoms with Crippen molar-refractivity contribution in [1.29, 1.82) is 0 Å². The van der Waals surface area contributed by atoms with Gasteiger partial charge in [0.25, 0.3) is 0 Å². The molecule has 0 bridgehead atoms. The molecule has 1 aromatic carbocycles. The number of nitrogens with zero attached hydrogens (tertiary/aromatic N) is 1. The number of carboxylic acids is 1. The maximum Gasteiger partial charge on any atom is 0.341 e. The molecule has 2 aliphatic heterocycles. The third-order valence-corrected chi connectivity index (χ3v) is 5.96. The molecule has 1 atom stereocenters. The van der Waals surface area contributed by atoms with Gasteiger partial charge in [-0.2, -0.15) is 0 Å². The number of ether oxygens (including phenoxy) is 2. The molecule has 7 nitrogen and oxygen atoms in total. The summed E-state index contributed by atoms with van der Waals surface area (Å²) < 4.78 is 19.4. The summed E-state index contributed by atoms with van der Waals surface area (Å²) in [6.45, 7) is 7.44. The number of hydrogen-bond donors (Lipinski definition) is 1. The third kappa shape index (κ3) is 2.84. The average molecular weight is 409 g/mol. The molecule has 1 saturated heterocycles. The van der Waals surface area contributed by atoms with Crippen molar-refractivity contribution in [3.8, 4) is 17.2 Å². The molecular formula is C23H23NO6. The number of benzene rings is 1. The van der Waals surface area contributed by atoms with Crippen molar-refractivity contribution in [2.45, 2.75) is 39.3 Å². The Morgan fingerprint density at radius 2 is 2.03 bits per heavy atom. The number of para-hydroxylation sites is 1. The molecule has 0 saturated carbocycles. The summed E-state index contributed by atoms with van der Waals surface area (Å²) in [6, 6.07) is 7.15. The molecule has 2 aliphatic rings. The van der Waals surface area contributed by atoms with Crippen LogP contribution in [0.3, 0.4) is 0 Å². The monoisotopic (exact) mass is 409 g/mol. The second kappa shape index (κ2) is 6.47. The molecule has 4 heterocycles. The van der Waals surface area contributed by atoms with Crippen LogP contribution in [0.5, 0.6) is 5.75 Å². The summed E-state index contributed by atoms with van der Waals surface area (Å²) in [4.78, 5) is 24.1. The van der Waals surface area contributed by atoms with Crippen molar-refractivity contribution in [2.24, 2.45) is 5.41 Å². The zero-order valence-electron chi connectivity index (χ0n) is 17.1. The lowest BCUT2D eigenvalue weighted by atomic mass is 9.80. The second-order valence-corrected chi connectivity index (χ2v) is 9.05. The van der Waals surface area contributed by atoms with Gasteiger partial charge < -0.3 is 23.6 Å². The number of furan rings is 1. The van der Waals surface area contributed by atoms with Gasteiger partial charge in [-0.05, 0) is 17.9 Å². The first-order chi connectivity index (χ1) is 14.2. The van der Waals surface area contributed by atoms with E-state index in [9.17, 15) is 14.7 Å². The minimum Gasteiger partial charge on any atom is -0.482 e. The van der Waals surface area contributed by atoms with Crippen LogP contribution in [0.1, 0.15) is 42.7 Å². The van der Waals surface area contributed by atoms with E-state index >= 15 is 0 Å². The molecule has 7 heteroatoms. The van der Waals surface area contributed by atoms with Crippen molar-refractivity contribution < 1.29 is 23.8 Å². The van der Waals surface area contributed by atoms with E-state index in [2.05, 4.69) is 20.8 Å². The molecular weight excluding hydrogens is 386 g/mol. The summed E-state index contributed by atoms with van der Waals surface area (Å²) in [7, 11) is 0. The summed E-state index contributed by atoms with van der Waals surface area (Å²) in [5.74, 6) is 0.0239. The fourth-order valence-corrected chi connectivity index (χ4v) is 4.27. The van der Waals surface area contributed by atoms with Crippen LogP contribution in [0.2, 0.25) is 0 Å². The van der Waals surface area contributed by atoms with Crippen LogP contribution in [0.25, 0.3) is 22.4 Å². The first-order valence-electron chi connectivity index (χ1n) is 10.0. The van der Waals surface area contributed by atoms with Crippen LogP contribution in [0.4, 0.5) is 0 Å². The highest BCUT2D eigenvalue weighted by molar-refractivity contribution is 5.92. The summed E-state index contributed by atoms with van der Waals surface area (Å²) >= 11 is 0. The molecule has 156 valence electrons. The number of hydrogen-bond acceptors (Lipinski definition) is 5. The number of rotatable bonds is 3. The Morgan fingerprint density at radius 1 is 1.27 bits per heavy atom. The number of pyridine rings is 1. The lowest BCUT2D eigenvalue weighted by Gasteiger charge is -2.37. The lowest BCUT2D eigenvalue weighted by Crippen LogP contribution is -2.38. The highest BCUT2D eigenvalue weighted by atomic mass is 16.6. The van der Waals surface area contributed by atoms with Crippen molar-refractivity contribution in [1.82, 2.24) is 4.57 Å². The van der Waals surface area contributed by atoms with E-state index in [0.717, 1.165) is 10.9 Å². The second-order valence-electron chi connectivity index (χ2n) is 9.05. The molecule has 2 aromatic heterocycles. The highest BCUT2D eigenvalue weighted by Crippen LogP contribution is 2.47. The van der Waals surface area contributed by atoms with E-state index in [1.54, 1.807) is 0 Å². The molecule has 0 amide bonds. The molecule has 1 fully saturated rings. The van der Waals surface area contributed by atoms with Gasteiger partial charge in [-0.25, -0.2) is 4.79 Å². The van der Waals surface area contributed by atoms with Crippen molar-refractivity contribution in [3.05, 3.63) is 51.8 Å². The minimum absolute atomic E-state index is 0.00748. The third-order valence-electron chi connectivity index (χ3n) is 5.96. The van der Waals surface area contributed by atoms with Gasteiger partial charge in [0.1, 0.15) is 11.7 Å². The molecule has 0 spiro atoms. The number of aromatic carboxylic acids is 1. The number of fused-ring (bicyclic) bond motifs is 5. The molecule has 0 aliphatic carbocycles. The van der Waals surface area contributed by atoms with Crippen LogP contribution < -0.4 is 10.2 Å². The standard InChI is InChI=1S/C23H23NO6/c1-23(2,3)19-7-14-13-5-4-6-18(29-12-10-28-11-12)21(13)30-20(14)16-8-17(25)15(22(26)27)9-24(16)19/h4-6,8-9,12,19H,7,10-11H2,1-3H3,(H,26,27). The topological polar surface area (TPSA) is 90.9 Å². The molecule has 5 rings (SSSR count). The van der Waals surface area contributed by atoms with E-state index in [4.69, 9.17) is 13.9 Å². The molecule has 1 unspecified atom stereocenters. The smallest absolute Gasteiger partial charge is 0.341 e. The Bertz CT molecular complexity index is 1220. The number of carbonyl (C=O) groups is 1. The van der Waals surface area contributed by atoms with Crippen LogP contribution >= 0.6 is 0 Å². The van der Waals surface area contributed by atoms with Gasteiger partial charge in [-0.15, -0.1) is 0 Å². The Labute approximate surface area is 172 Å². The van der Waals surface area contributed by atoms with Crippen LogP contribution in [-0.4, -0.2) is 35.0 Å². The van der Waals surface area contributed by atoms with Gasteiger partial charge in [-0.1, -0.05) is 32.9 Å². The van der Waals surface area contributed by atoms with Gasteiger partial charge >= 0.3 is 5.97 Å². The zero-order valence-corrected chi connectivity index (χ0v) is 17.1. The molecule has 0 radical (unpaired) electrons. The van der Waals surface area contributed by atoms with Gasteiger partial charge in [-0.3, -0.25) is 4.79 Å². The SMILES string of the molecule is CC(C)(C)C1Cc2c(oc3c(OC4COC4)cccc23)-c2cc(=O)c(C(=O)O)cn21. The predicted molar refractivity (Wildman–Crippen MR) is 110 cm³/mol. The van der Waals surface area contributed by atoms with Gasteiger partial charge in [0.2, 0.25) is 0 Å². The average Bonchev–Trinajstić information content (AvgIpc) is 3.02. The van der Waals surface area contributed by atoms with E-state index in [1.807, 2.05) is 22.8 Å². The minimum atomic E-state index is -1.23. The Morgan fingerprint density at radius 3 is 2.67 bits per heavy atom. The van der Waals surface area contributed by atoms with Crippen LogP contribution in [0.15, 0.2) is 39.7 Å². The first kappa shape index (κ1) is 18.9. The first-order valence-corrected chi connectivity index (χ1v) is 10.0. The van der Waals surface area contributed by atoms with Crippen molar-refractivity contribution >= 4 is 16.9 Å². The van der Waals surface area contributed by atoms with Crippen LogP contribution in [0, 0.1) is 5.41 Å².